The Balaban J connectivity index is 0.000000683. The third-order valence-corrected chi connectivity index (χ3v) is 6.54. The van der Waals surface area contributed by atoms with Gasteiger partial charge in [-0.3, -0.25) is 0 Å². The van der Waals surface area contributed by atoms with Gasteiger partial charge in [-0.1, -0.05) is 102 Å². The minimum Gasteiger partial charge on any atom is -0.744 e. The van der Waals surface area contributed by atoms with Crippen LogP contribution >= 0.6 is 0 Å². The zero-order valence-corrected chi connectivity index (χ0v) is 21.8. The van der Waals surface area contributed by atoms with Crippen LogP contribution in [0.25, 0.3) is 0 Å². The van der Waals surface area contributed by atoms with Crippen molar-refractivity contribution >= 4 is 10.1 Å². The zero-order chi connectivity index (χ0) is 23.6. The van der Waals surface area contributed by atoms with Crippen LogP contribution in [0.4, 0.5) is 0 Å². The third kappa shape index (κ3) is 19.5. The lowest BCUT2D eigenvalue weighted by Gasteiger charge is -2.23. The number of hydrogen-bond donors (Lipinski definition) is 0. The molecule has 182 valence electrons. The summed E-state index contributed by atoms with van der Waals surface area (Å²) >= 11 is 0. The van der Waals surface area contributed by atoms with Crippen molar-refractivity contribution in [1.82, 2.24) is 0 Å². The molecule has 0 aromatic heterocycles. The third-order valence-electron chi connectivity index (χ3n) is 5.55. The molecule has 0 N–H and O–H groups in total. The summed E-state index contributed by atoms with van der Waals surface area (Å²) in [4.78, 5) is -0.139. The molecular formula is C26H49NO3S. The van der Waals surface area contributed by atoms with E-state index < -0.39 is 10.1 Å². The molecule has 0 aliphatic carbocycles. The molecule has 0 amide bonds. The average Bonchev–Trinajstić information content (AvgIpc) is 2.67. The molecule has 0 fully saturated rings. The summed E-state index contributed by atoms with van der Waals surface area (Å²) in [6.07, 6.45) is 20.4. The van der Waals surface area contributed by atoms with Crippen LogP contribution in [-0.4, -0.2) is 45.1 Å². The van der Waals surface area contributed by atoms with Crippen LogP contribution < -0.4 is 0 Å². The Labute approximate surface area is 193 Å². The average molecular weight is 456 g/mol. The maximum absolute atomic E-state index is 10.5. The molecule has 0 aliphatic rings. The molecule has 0 heterocycles. The fourth-order valence-electron chi connectivity index (χ4n) is 3.62. The first-order valence-electron chi connectivity index (χ1n) is 12.4. The molecule has 0 saturated heterocycles. The van der Waals surface area contributed by atoms with Gasteiger partial charge in [-0.2, -0.15) is 0 Å². The highest BCUT2D eigenvalue weighted by Crippen LogP contribution is 2.14. The highest BCUT2D eigenvalue weighted by atomic mass is 32.2. The molecule has 31 heavy (non-hydrogen) atoms. The SMILES string of the molecule is CCCCCCCCCCCCCCCC[N+](C)(C)C.Cc1ccccc1S(=O)(=O)[O-]. The van der Waals surface area contributed by atoms with E-state index in [-0.39, 0.29) is 4.90 Å². The minimum atomic E-state index is -4.28. The molecule has 0 spiro atoms. The van der Waals surface area contributed by atoms with Crippen LogP contribution in [0.1, 0.15) is 102 Å². The van der Waals surface area contributed by atoms with Crippen molar-refractivity contribution in [3.63, 3.8) is 0 Å². The second-order valence-corrected chi connectivity index (χ2v) is 11.2. The number of benzene rings is 1. The summed E-state index contributed by atoms with van der Waals surface area (Å²) in [7, 11) is 2.60. The molecule has 0 saturated carbocycles. The van der Waals surface area contributed by atoms with E-state index >= 15 is 0 Å². The molecule has 0 atom stereocenters. The van der Waals surface area contributed by atoms with Crippen molar-refractivity contribution < 1.29 is 17.5 Å². The maximum Gasteiger partial charge on any atom is 0.124 e. The number of rotatable bonds is 16. The molecule has 0 radical (unpaired) electrons. The van der Waals surface area contributed by atoms with Crippen LogP contribution in [0, 0.1) is 6.92 Å². The second-order valence-electron chi connectivity index (χ2n) is 9.83. The summed E-state index contributed by atoms with van der Waals surface area (Å²) in [6, 6.07) is 6.10. The number of hydrogen-bond acceptors (Lipinski definition) is 3. The summed E-state index contributed by atoms with van der Waals surface area (Å²) < 4.78 is 32.6. The maximum atomic E-state index is 10.5. The number of nitrogens with zero attached hydrogens (tertiary/aromatic N) is 1. The topological polar surface area (TPSA) is 57.2 Å². The quantitative estimate of drug-likeness (QED) is 0.152. The Morgan fingerprint density at radius 2 is 1.10 bits per heavy atom. The molecule has 1 rings (SSSR count). The van der Waals surface area contributed by atoms with Crippen molar-refractivity contribution in [3.8, 4) is 0 Å². The number of unbranched alkanes of at least 4 members (excludes halogenated alkanes) is 13. The molecular weight excluding hydrogens is 406 g/mol. The highest BCUT2D eigenvalue weighted by Gasteiger charge is 2.05. The van der Waals surface area contributed by atoms with Crippen LogP contribution in [0.5, 0.6) is 0 Å². The van der Waals surface area contributed by atoms with E-state index in [0.29, 0.717) is 5.56 Å². The van der Waals surface area contributed by atoms with Crippen LogP contribution in [0.3, 0.4) is 0 Å². The van der Waals surface area contributed by atoms with Crippen molar-refractivity contribution in [2.24, 2.45) is 0 Å². The zero-order valence-electron chi connectivity index (χ0n) is 21.0. The predicted octanol–water partition coefficient (Wildman–Crippen LogP) is 7.07. The Hall–Kier alpha value is -0.910. The molecule has 0 bridgehead atoms. The van der Waals surface area contributed by atoms with Gasteiger partial charge in [-0.25, -0.2) is 8.42 Å². The lowest BCUT2D eigenvalue weighted by atomic mass is 10.0. The smallest absolute Gasteiger partial charge is 0.124 e. The van der Waals surface area contributed by atoms with Crippen LogP contribution in [0.15, 0.2) is 29.2 Å². The van der Waals surface area contributed by atoms with Gasteiger partial charge in [-0.05, 0) is 31.4 Å². The van der Waals surface area contributed by atoms with E-state index in [1.807, 2.05) is 0 Å². The first-order valence-corrected chi connectivity index (χ1v) is 13.8. The van der Waals surface area contributed by atoms with E-state index in [4.69, 9.17) is 0 Å². The molecule has 0 aliphatic heterocycles. The summed E-state index contributed by atoms with van der Waals surface area (Å²) in [5, 5.41) is 0. The van der Waals surface area contributed by atoms with E-state index in [2.05, 4.69) is 28.1 Å². The molecule has 5 heteroatoms. The van der Waals surface area contributed by atoms with E-state index in [1.54, 1.807) is 19.1 Å². The number of aryl methyl sites for hydroxylation is 1. The van der Waals surface area contributed by atoms with Gasteiger partial charge in [0.25, 0.3) is 0 Å². The van der Waals surface area contributed by atoms with Gasteiger partial charge in [0, 0.05) is 0 Å². The summed E-state index contributed by atoms with van der Waals surface area (Å²) in [5.41, 5.74) is 0.488. The lowest BCUT2D eigenvalue weighted by molar-refractivity contribution is -0.870. The van der Waals surface area contributed by atoms with Crippen molar-refractivity contribution in [3.05, 3.63) is 29.8 Å². The normalized spacial score (nSPS) is 11.8. The fourth-order valence-corrected chi connectivity index (χ4v) is 4.33. The summed E-state index contributed by atoms with van der Waals surface area (Å²) in [5.74, 6) is 0. The van der Waals surface area contributed by atoms with Crippen molar-refractivity contribution in [2.75, 3.05) is 27.7 Å². The monoisotopic (exact) mass is 455 g/mol. The van der Waals surface area contributed by atoms with E-state index in [1.165, 1.54) is 109 Å². The highest BCUT2D eigenvalue weighted by molar-refractivity contribution is 7.85. The Morgan fingerprint density at radius 3 is 1.42 bits per heavy atom. The molecule has 0 unspecified atom stereocenters. The van der Waals surface area contributed by atoms with Crippen molar-refractivity contribution in [1.29, 1.82) is 0 Å². The van der Waals surface area contributed by atoms with E-state index in [0.717, 1.165) is 4.48 Å². The van der Waals surface area contributed by atoms with Crippen LogP contribution in [0.2, 0.25) is 0 Å². The first-order chi connectivity index (χ1) is 14.6. The van der Waals surface area contributed by atoms with Gasteiger partial charge in [0.15, 0.2) is 0 Å². The van der Waals surface area contributed by atoms with Gasteiger partial charge in [0.1, 0.15) is 10.1 Å². The van der Waals surface area contributed by atoms with Gasteiger partial charge in [0.2, 0.25) is 0 Å². The lowest BCUT2D eigenvalue weighted by Crippen LogP contribution is -2.35. The number of quaternary nitrogens is 1. The molecule has 1 aromatic carbocycles. The van der Waals surface area contributed by atoms with Crippen LogP contribution in [-0.2, 0) is 10.1 Å². The largest absolute Gasteiger partial charge is 0.744 e. The van der Waals surface area contributed by atoms with Gasteiger partial charge >= 0.3 is 0 Å². The standard InChI is InChI=1S/C19H42N.C7H8O3S/c1-5-6-7-8-9-10-11-12-13-14-15-16-17-18-19-20(2,3)4;1-6-4-2-3-5-7(6)11(8,9)10/h5-19H2,1-4H3;2-5H,1H3,(H,8,9,10)/q+1;/p-1. The van der Waals surface area contributed by atoms with Gasteiger partial charge < -0.3 is 9.04 Å². The second kappa shape index (κ2) is 17.6. The minimum absolute atomic E-state index is 0.139. The predicted molar refractivity (Wildman–Crippen MR) is 132 cm³/mol. The van der Waals surface area contributed by atoms with E-state index in [9.17, 15) is 13.0 Å². The summed E-state index contributed by atoms with van der Waals surface area (Å²) in [6.45, 7) is 5.21. The Bertz CT molecular complexity index is 651. The fraction of sp³-hybridized carbons (Fsp3) is 0.769. The Kier molecular flexibility index (Phi) is 17.1. The first kappa shape index (κ1) is 30.1. The molecule has 4 nitrogen and oxygen atoms in total. The van der Waals surface area contributed by atoms with Gasteiger partial charge in [0.05, 0.1) is 32.6 Å². The Morgan fingerprint density at radius 1 is 0.710 bits per heavy atom. The van der Waals surface area contributed by atoms with Gasteiger partial charge in [-0.15, -0.1) is 0 Å². The van der Waals surface area contributed by atoms with Crippen molar-refractivity contribution in [2.45, 2.75) is 109 Å². The molecule has 1 aromatic rings.